The number of pyridine rings is 1. The Morgan fingerprint density at radius 2 is 1.48 bits per heavy atom. The molecule has 0 bridgehead atoms. The van der Waals surface area contributed by atoms with E-state index in [1.807, 2.05) is 0 Å². The number of hydrogen-bond acceptors (Lipinski definition) is 1. The van der Waals surface area contributed by atoms with Crippen LogP contribution >= 0.6 is 0 Å². The molecule has 2 aromatic rings. The van der Waals surface area contributed by atoms with Gasteiger partial charge < -0.3 is 0 Å². The van der Waals surface area contributed by atoms with Gasteiger partial charge in [0.05, 0.1) is 0 Å². The van der Waals surface area contributed by atoms with Gasteiger partial charge in [-0.3, -0.25) is 4.98 Å². The van der Waals surface area contributed by atoms with Crippen molar-refractivity contribution in [2.24, 2.45) is 0 Å². The van der Waals surface area contributed by atoms with E-state index in [2.05, 4.69) is 70.2 Å². The number of hydrogen-bond donors (Lipinski definition) is 0. The zero-order valence-electron chi connectivity index (χ0n) is 13.8. The Balaban J connectivity index is 2.27. The third-order valence-electron chi connectivity index (χ3n) is 4.89. The molecule has 0 aliphatic heterocycles. The summed E-state index contributed by atoms with van der Waals surface area (Å²) in [6.45, 7) is 8.96. The van der Waals surface area contributed by atoms with Crippen LogP contribution in [0.3, 0.4) is 0 Å². The van der Waals surface area contributed by atoms with Gasteiger partial charge in [0, 0.05) is 23.2 Å². The summed E-state index contributed by atoms with van der Waals surface area (Å²) in [6, 6.07) is 15.3. The van der Waals surface area contributed by atoms with Gasteiger partial charge in [0.25, 0.3) is 0 Å². The van der Waals surface area contributed by atoms with Crippen molar-refractivity contribution in [1.82, 2.24) is 4.98 Å². The van der Waals surface area contributed by atoms with E-state index >= 15 is 0 Å². The summed E-state index contributed by atoms with van der Waals surface area (Å²) in [6.07, 6.45) is 4.38. The molecule has 2 rings (SSSR count). The van der Waals surface area contributed by atoms with E-state index in [1.165, 1.54) is 22.5 Å². The molecule has 0 amide bonds. The van der Waals surface area contributed by atoms with Crippen molar-refractivity contribution < 1.29 is 0 Å². The summed E-state index contributed by atoms with van der Waals surface area (Å²) < 4.78 is 0. The number of nitrogens with zero attached hydrogens (tertiary/aromatic N) is 1. The van der Waals surface area contributed by atoms with E-state index in [0.29, 0.717) is 0 Å². The maximum absolute atomic E-state index is 4.98. The Labute approximate surface area is 129 Å². The van der Waals surface area contributed by atoms with Crippen LogP contribution in [-0.4, -0.2) is 4.98 Å². The second-order valence-electron chi connectivity index (χ2n) is 6.02. The van der Waals surface area contributed by atoms with Crippen molar-refractivity contribution in [3.63, 3.8) is 0 Å². The van der Waals surface area contributed by atoms with Crippen molar-refractivity contribution >= 4 is 0 Å². The van der Waals surface area contributed by atoms with Gasteiger partial charge in [0.2, 0.25) is 0 Å². The van der Waals surface area contributed by atoms with Gasteiger partial charge in [-0.1, -0.05) is 56.7 Å². The number of rotatable bonds is 6. The van der Waals surface area contributed by atoms with Crippen molar-refractivity contribution in [3.05, 3.63) is 65.0 Å². The highest BCUT2D eigenvalue weighted by Crippen LogP contribution is 2.33. The highest BCUT2D eigenvalue weighted by Gasteiger charge is 2.27. The molecule has 1 heteroatoms. The monoisotopic (exact) mass is 281 g/mol. The SMILES string of the molecule is CCC(CC)(CC)c1cccc(Cc2ccc(C)cc2)n1. The molecule has 0 saturated carbocycles. The maximum atomic E-state index is 4.98. The van der Waals surface area contributed by atoms with Crippen LogP contribution in [0.4, 0.5) is 0 Å². The fraction of sp³-hybridized carbons (Fsp3) is 0.450. The van der Waals surface area contributed by atoms with E-state index in [4.69, 9.17) is 4.98 Å². The van der Waals surface area contributed by atoms with Crippen molar-refractivity contribution in [2.45, 2.75) is 58.8 Å². The number of aromatic nitrogens is 1. The molecule has 0 saturated heterocycles. The molecular formula is C20H27N. The molecule has 1 heterocycles. The predicted octanol–water partition coefficient (Wildman–Crippen LogP) is 5.45. The molecule has 0 aliphatic carbocycles. The average Bonchev–Trinajstić information content (AvgIpc) is 2.52. The highest BCUT2D eigenvalue weighted by molar-refractivity contribution is 5.27. The summed E-state index contributed by atoms with van der Waals surface area (Å²) in [7, 11) is 0. The first-order valence-electron chi connectivity index (χ1n) is 8.15. The topological polar surface area (TPSA) is 12.9 Å². The maximum Gasteiger partial charge on any atom is 0.0468 e. The summed E-state index contributed by atoms with van der Waals surface area (Å²) in [5.74, 6) is 0. The molecule has 0 unspecified atom stereocenters. The Hall–Kier alpha value is -1.63. The molecule has 0 N–H and O–H groups in total. The Morgan fingerprint density at radius 3 is 2.05 bits per heavy atom. The van der Waals surface area contributed by atoms with Crippen LogP contribution in [-0.2, 0) is 11.8 Å². The fourth-order valence-electron chi connectivity index (χ4n) is 3.08. The van der Waals surface area contributed by atoms with Crippen LogP contribution in [0.15, 0.2) is 42.5 Å². The molecule has 0 aliphatic rings. The molecule has 0 fully saturated rings. The second kappa shape index (κ2) is 6.89. The molecule has 1 nitrogen and oxygen atoms in total. The Morgan fingerprint density at radius 1 is 0.857 bits per heavy atom. The normalized spacial score (nSPS) is 11.6. The predicted molar refractivity (Wildman–Crippen MR) is 90.8 cm³/mol. The Bertz CT molecular complexity index is 556. The van der Waals surface area contributed by atoms with E-state index in [0.717, 1.165) is 25.7 Å². The van der Waals surface area contributed by atoms with Crippen LogP contribution in [0.2, 0.25) is 0 Å². The number of aryl methyl sites for hydroxylation is 1. The van der Waals surface area contributed by atoms with Crippen molar-refractivity contribution in [2.75, 3.05) is 0 Å². The molecule has 0 spiro atoms. The summed E-state index contributed by atoms with van der Waals surface area (Å²) in [5, 5.41) is 0. The van der Waals surface area contributed by atoms with Gasteiger partial charge in [0.15, 0.2) is 0 Å². The van der Waals surface area contributed by atoms with E-state index in [-0.39, 0.29) is 5.41 Å². The quantitative estimate of drug-likeness (QED) is 0.686. The Kier molecular flexibility index (Phi) is 5.17. The first-order chi connectivity index (χ1) is 10.1. The van der Waals surface area contributed by atoms with E-state index in [9.17, 15) is 0 Å². The molecule has 21 heavy (non-hydrogen) atoms. The minimum Gasteiger partial charge on any atom is -0.257 e. The standard InChI is InChI=1S/C20H27N/c1-5-20(6-2,7-3)19-10-8-9-18(21-19)15-17-13-11-16(4)12-14-17/h8-14H,5-7,15H2,1-4H3. The zero-order chi connectivity index (χ0) is 15.3. The molecule has 1 aromatic heterocycles. The van der Waals surface area contributed by atoms with Gasteiger partial charge in [-0.15, -0.1) is 0 Å². The third kappa shape index (κ3) is 3.53. The lowest BCUT2D eigenvalue weighted by atomic mass is 9.76. The van der Waals surface area contributed by atoms with Gasteiger partial charge in [-0.05, 0) is 43.9 Å². The van der Waals surface area contributed by atoms with E-state index in [1.54, 1.807) is 0 Å². The van der Waals surface area contributed by atoms with Crippen LogP contribution in [0.5, 0.6) is 0 Å². The summed E-state index contributed by atoms with van der Waals surface area (Å²) in [5.41, 5.74) is 5.32. The molecule has 0 radical (unpaired) electrons. The lowest BCUT2D eigenvalue weighted by Gasteiger charge is -2.30. The summed E-state index contributed by atoms with van der Waals surface area (Å²) >= 11 is 0. The minimum absolute atomic E-state index is 0.239. The molecule has 112 valence electrons. The first kappa shape index (κ1) is 15.8. The summed E-state index contributed by atoms with van der Waals surface area (Å²) in [4.78, 5) is 4.98. The van der Waals surface area contributed by atoms with Gasteiger partial charge >= 0.3 is 0 Å². The van der Waals surface area contributed by atoms with Crippen molar-refractivity contribution in [1.29, 1.82) is 0 Å². The molecule has 0 atom stereocenters. The lowest BCUT2D eigenvalue weighted by Crippen LogP contribution is -2.25. The van der Waals surface area contributed by atoms with Crippen molar-refractivity contribution in [3.8, 4) is 0 Å². The largest absolute Gasteiger partial charge is 0.257 e. The van der Waals surface area contributed by atoms with Crippen LogP contribution in [0.25, 0.3) is 0 Å². The lowest BCUT2D eigenvalue weighted by molar-refractivity contribution is 0.370. The van der Waals surface area contributed by atoms with Crippen LogP contribution in [0, 0.1) is 6.92 Å². The minimum atomic E-state index is 0.239. The zero-order valence-corrected chi connectivity index (χ0v) is 13.8. The smallest absolute Gasteiger partial charge is 0.0468 e. The first-order valence-corrected chi connectivity index (χ1v) is 8.15. The van der Waals surface area contributed by atoms with E-state index < -0.39 is 0 Å². The highest BCUT2D eigenvalue weighted by atomic mass is 14.7. The fourth-order valence-corrected chi connectivity index (χ4v) is 3.08. The van der Waals surface area contributed by atoms with Gasteiger partial charge in [-0.25, -0.2) is 0 Å². The molecule has 1 aromatic carbocycles. The second-order valence-corrected chi connectivity index (χ2v) is 6.02. The van der Waals surface area contributed by atoms with Crippen LogP contribution in [0.1, 0.15) is 62.5 Å². The third-order valence-corrected chi connectivity index (χ3v) is 4.89. The number of benzene rings is 1. The average molecular weight is 281 g/mol. The van der Waals surface area contributed by atoms with Crippen LogP contribution < -0.4 is 0 Å². The van der Waals surface area contributed by atoms with Gasteiger partial charge in [-0.2, -0.15) is 0 Å². The molecular weight excluding hydrogens is 254 g/mol. The van der Waals surface area contributed by atoms with Gasteiger partial charge in [0.1, 0.15) is 0 Å².